The third-order valence-electron chi connectivity index (χ3n) is 21.9. The van der Waals surface area contributed by atoms with Crippen molar-refractivity contribution in [2.75, 3.05) is 26.2 Å². The van der Waals surface area contributed by atoms with Crippen molar-refractivity contribution in [3.63, 3.8) is 0 Å². The largest absolute Gasteiger partial charge is 0.481 e. The predicted octanol–water partition coefficient (Wildman–Crippen LogP) is -3.52. The lowest BCUT2D eigenvalue weighted by atomic mass is 9.98. The van der Waals surface area contributed by atoms with E-state index in [-0.39, 0.29) is 70.4 Å². The van der Waals surface area contributed by atoms with Crippen LogP contribution in [0.2, 0.25) is 0 Å². The molecule has 0 radical (unpaired) electrons. The molecule has 2 aliphatic rings. The van der Waals surface area contributed by atoms with Gasteiger partial charge < -0.3 is 122 Å². The highest BCUT2D eigenvalue weighted by atomic mass is 16.4. The summed E-state index contributed by atoms with van der Waals surface area (Å²) in [5.41, 5.74) is 24.5. The molecular weight excluding hydrogens is 1660 g/mol. The summed E-state index contributed by atoms with van der Waals surface area (Å²) in [5, 5.41) is 62.5. The van der Waals surface area contributed by atoms with Crippen LogP contribution in [0, 0.1) is 17.8 Å². The molecule has 5 rings (SSSR count). The number of para-hydroxylation sites is 1. The Bertz CT molecular complexity index is 4390. The van der Waals surface area contributed by atoms with Gasteiger partial charge in [0.15, 0.2) is 0 Å². The molecular formula is C84H126N20O23. The van der Waals surface area contributed by atoms with Crippen LogP contribution in [-0.4, -0.2) is 265 Å². The van der Waals surface area contributed by atoms with Gasteiger partial charge in [0.2, 0.25) is 100 Å². The topological polar surface area (TPSA) is 685 Å². The van der Waals surface area contributed by atoms with E-state index in [1.54, 1.807) is 81.6 Å². The number of carboxylic acids is 3. The highest BCUT2D eigenvalue weighted by Crippen LogP contribution is 2.25. The third kappa shape index (κ3) is 34.0. The summed E-state index contributed by atoms with van der Waals surface area (Å²) in [6, 6.07) is -5.77. The molecule has 0 saturated carbocycles. The fourth-order valence-electron chi connectivity index (χ4n) is 14.3. The molecule has 0 aliphatic carbocycles. The van der Waals surface area contributed by atoms with Crippen molar-refractivity contribution < 1.29 is 111 Å². The van der Waals surface area contributed by atoms with Crippen LogP contribution >= 0.6 is 0 Å². The zero-order valence-electron chi connectivity index (χ0n) is 73.1. The normalized spacial score (nSPS) is 17.0. The summed E-state index contributed by atoms with van der Waals surface area (Å²) >= 11 is 0. The number of benzene rings is 2. The molecule has 17 amide bonds. The number of hydrogen-bond acceptors (Lipinski definition) is 22. The Hall–Kier alpha value is -12.7. The standard InChI is InChI=1S/C84H126N20O23/c1-10-45(6)68(88)80(122)100-59(39-49-20-12-11-13-21-49)75(117)92-48(9)71(113)94-54(30-34-67(110)111)74(116)99-58(38-43(2)3)76(118)95-53(29-33-66(108)109)73(115)90-42-65(107)102-69(44(4)5)81(123)101-60(40-50-41-89-52-23-15-14-22-51(50)52)77(119)97-56(28-32-64(87)106)83(125)103-36-18-25-61(103)78(120)93-46(7)70(112)91-47(8)72(114)96-55(27-31-63(86)105)82(124)104-37-19-26-62(104)79(121)98-57(84(126)127)24-16-17-35-85/h11-15,20-23,41,43-48,53-62,68-69,89H,10,16-19,24-40,42,85,88H2,1-9H3,(H2,86,105)(H2,87,106)(H,90,115)(H,91,112)(H,92,117)(H,93,120)(H,94,113)(H,95,118)(H,96,114)(H,97,119)(H,98,121)(H,99,116)(H,100,122)(H,101,123)(H,102,107)(H,108,109)(H,110,111)(H,126,127)/t45-,46-,47-,48-,53-,54-,55-,56-,57-,58-,59-,60-,61-,62-,68-,69-/m0/s1. The zero-order valence-corrected chi connectivity index (χ0v) is 73.1. The number of likely N-dealkylation sites (tertiary alicyclic amines) is 2. The first-order chi connectivity index (χ1) is 59.9. The van der Waals surface area contributed by atoms with Crippen LogP contribution in [-0.2, 0) is 109 Å². The van der Waals surface area contributed by atoms with Crippen molar-refractivity contribution in [3.8, 4) is 0 Å². The molecule has 2 saturated heterocycles. The van der Waals surface area contributed by atoms with E-state index in [2.05, 4.69) is 74.1 Å². The van der Waals surface area contributed by atoms with Gasteiger partial charge in [0, 0.05) is 68.7 Å². The lowest BCUT2D eigenvalue weighted by molar-refractivity contribution is -0.145. The van der Waals surface area contributed by atoms with Crippen molar-refractivity contribution in [1.29, 1.82) is 0 Å². The molecule has 127 heavy (non-hydrogen) atoms. The molecule has 2 aromatic carbocycles. The van der Waals surface area contributed by atoms with Crippen LogP contribution in [0.5, 0.6) is 0 Å². The zero-order chi connectivity index (χ0) is 94.6. The van der Waals surface area contributed by atoms with Gasteiger partial charge in [-0.3, -0.25) is 91.1 Å². The van der Waals surface area contributed by atoms with Crippen LogP contribution in [0.15, 0.2) is 60.8 Å². The Balaban J connectivity index is 1.28. The summed E-state index contributed by atoms with van der Waals surface area (Å²) in [6.07, 6.45) is -0.804. The molecule has 3 aromatic rings. The number of rotatable bonds is 54. The molecule has 0 spiro atoms. The lowest BCUT2D eigenvalue weighted by Gasteiger charge is -2.31. The molecule has 2 fully saturated rings. The molecule has 25 N–H and O–H groups in total. The summed E-state index contributed by atoms with van der Waals surface area (Å²) in [5.74, 6) is -21.0. The number of carbonyl (C=O) groups excluding carboxylic acids is 17. The van der Waals surface area contributed by atoms with Gasteiger partial charge in [-0.25, -0.2) is 4.79 Å². The number of aromatic nitrogens is 1. The molecule has 0 unspecified atom stereocenters. The van der Waals surface area contributed by atoms with Gasteiger partial charge in [-0.1, -0.05) is 96.5 Å². The molecule has 0 bridgehead atoms. The van der Waals surface area contributed by atoms with Crippen LogP contribution < -0.4 is 92.1 Å². The van der Waals surface area contributed by atoms with Crippen LogP contribution in [0.3, 0.4) is 0 Å². The maximum atomic E-state index is 15.0. The van der Waals surface area contributed by atoms with Crippen molar-refractivity contribution in [2.45, 2.75) is 275 Å². The first-order valence-corrected chi connectivity index (χ1v) is 42.7. The number of fused-ring (bicyclic) bond motifs is 1. The number of nitrogens with one attached hydrogen (secondary N) is 14. The van der Waals surface area contributed by atoms with Gasteiger partial charge in [0.25, 0.3) is 0 Å². The number of nitrogens with two attached hydrogens (primary N) is 4. The number of unbranched alkanes of at least 4 members (excludes halogenated alkanes) is 1. The lowest BCUT2D eigenvalue weighted by Crippen LogP contribution is -2.60. The van der Waals surface area contributed by atoms with Crippen molar-refractivity contribution >= 4 is 129 Å². The first kappa shape index (κ1) is 105. The number of nitrogens with zero attached hydrogens (tertiary/aromatic N) is 2. The van der Waals surface area contributed by atoms with E-state index >= 15 is 0 Å². The minimum absolute atomic E-state index is 0.0166. The molecule has 43 nitrogen and oxygen atoms in total. The van der Waals surface area contributed by atoms with E-state index in [9.17, 15) is 111 Å². The monoisotopic (exact) mass is 1780 g/mol. The predicted molar refractivity (Wildman–Crippen MR) is 458 cm³/mol. The number of primary amides is 2. The highest BCUT2D eigenvalue weighted by Gasteiger charge is 2.43. The number of carbonyl (C=O) groups is 20. The maximum Gasteiger partial charge on any atom is 0.326 e. The van der Waals surface area contributed by atoms with E-state index in [1.807, 2.05) is 6.92 Å². The molecule has 700 valence electrons. The highest BCUT2D eigenvalue weighted by molar-refractivity contribution is 6.01. The first-order valence-electron chi connectivity index (χ1n) is 42.7. The van der Waals surface area contributed by atoms with E-state index in [0.29, 0.717) is 54.3 Å². The van der Waals surface area contributed by atoms with E-state index < -0.39 is 272 Å². The number of aliphatic carboxylic acids is 3. The number of amides is 17. The Morgan fingerprint density at radius 1 is 0.457 bits per heavy atom. The van der Waals surface area contributed by atoms with Gasteiger partial charge >= 0.3 is 17.9 Å². The van der Waals surface area contributed by atoms with E-state index in [4.69, 9.17) is 22.9 Å². The number of H-pyrrole nitrogens is 1. The van der Waals surface area contributed by atoms with Crippen LogP contribution in [0.4, 0.5) is 0 Å². The van der Waals surface area contributed by atoms with Crippen molar-refractivity contribution in [1.82, 2.24) is 83.9 Å². The fourth-order valence-corrected chi connectivity index (χ4v) is 14.3. The second kappa shape index (κ2) is 51.7. The summed E-state index contributed by atoms with van der Waals surface area (Å²) in [4.78, 5) is 277. The number of carboxylic acid groups (broad SMARTS) is 3. The minimum atomic E-state index is -1.73. The summed E-state index contributed by atoms with van der Waals surface area (Å²) in [6.45, 7) is 13.1. The Morgan fingerprint density at radius 3 is 1.43 bits per heavy atom. The summed E-state index contributed by atoms with van der Waals surface area (Å²) in [7, 11) is 0. The smallest absolute Gasteiger partial charge is 0.326 e. The van der Waals surface area contributed by atoms with Gasteiger partial charge in [0.05, 0.1) is 12.6 Å². The molecule has 43 heteroatoms. The maximum absolute atomic E-state index is 15.0. The molecule has 1 aromatic heterocycles. The molecule has 16 atom stereocenters. The van der Waals surface area contributed by atoms with Crippen molar-refractivity contribution in [3.05, 3.63) is 71.9 Å². The van der Waals surface area contributed by atoms with Gasteiger partial charge in [-0.2, -0.15) is 0 Å². The third-order valence-corrected chi connectivity index (χ3v) is 21.9. The molecule has 2 aliphatic heterocycles. The molecule has 3 heterocycles. The van der Waals surface area contributed by atoms with Gasteiger partial charge in [0.1, 0.15) is 84.6 Å². The second-order valence-electron chi connectivity index (χ2n) is 32.9. The van der Waals surface area contributed by atoms with E-state index in [1.165, 1.54) is 39.5 Å². The Morgan fingerprint density at radius 2 is 0.898 bits per heavy atom. The van der Waals surface area contributed by atoms with Crippen LogP contribution in [0.1, 0.15) is 183 Å². The second-order valence-corrected chi connectivity index (χ2v) is 32.9. The SMILES string of the molecule is CC[C@H](C)[C@H](N)C(=O)N[C@@H](Cc1ccccc1)C(=O)N[C@@H](C)C(=O)N[C@@H](CCC(=O)O)C(=O)N[C@@H](CC(C)C)C(=O)N[C@@H](CCC(=O)O)C(=O)NCC(=O)N[C@H](C(=O)N[C@@H](Cc1c[nH]c2ccccc12)C(=O)N[C@@H](CCC(N)=O)C(=O)N1CCC[C@H]1C(=O)N[C@@H](C)C(=O)N[C@@H](C)C(=O)N[C@@H](CCC(N)=O)C(=O)N1CCC[C@H]1C(=O)N[C@@H](CCCCN)C(=O)O)C(C)C. The van der Waals surface area contributed by atoms with Crippen LogP contribution in [0.25, 0.3) is 10.9 Å². The van der Waals surface area contributed by atoms with Gasteiger partial charge in [-0.15, -0.1) is 0 Å². The van der Waals surface area contributed by atoms with Gasteiger partial charge in [-0.05, 0) is 139 Å². The average Bonchev–Trinajstić information content (AvgIpc) is 0.892. The Kier molecular flexibility index (Phi) is 42.7. The fraction of sp³-hybridized carbons (Fsp3) is 0.595. The minimum Gasteiger partial charge on any atom is -0.481 e. The quantitative estimate of drug-likeness (QED) is 0.0244. The van der Waals surface area contributed by atoms with E-state index in [0.717, 1.165) is 4.90 Å². The average molecular weight is 1780 g/mol. The number of aromatic amines is 1. The Labute approximate surface area is 735 Å². The number of hydrogen-bond donors (Lipinski definition) is 21. The summed E-state index contributed by atoms with van der Waals surface area (Å²) < 4.78 is 0. The van der Waals surface area contributed by atoms with Crippen molar-refractivity contribution in [2.24, 2.45) is 40.7 Å².